The van der Waals surface area contributed by atoms with E-state index < -0.39 is 5.97 Å². The van der Waals surface area contributed by atoms with E-state index in [4.69, 9.17) is 5.11 Å². The van der Waals surface area contributed by atoms with Crippen LogP contribution in [0.3, 0.4) is 0 Å². The molecule has 1 saturated heterocycles. The van der Waals surface area contributed by atoms with E-state index in [2.05, 4.69) is 0 Å². The Morgan fingerprint density at radius 1 is 1.47 bits per heavy atom. The first-order chi connectivity index (χ1) is 7.87. The van der Waals surface area contributed by atoms with Gasteiger partial charge in [-0.15, -0.1) is 11.8 Å². The van der Waals surface area contributed by atoms with E-state index in [0.29, 0.717) is 6.54 Å². The number of carbonyl (C=O) groups excluding carboxylic acids is 1. The van der Waals surface area contributed by atoms with Crippen molar-refractivity contribution in [2.45, 2.75) is 50.8 Å². The van der Waals surface area contributed by atoms with Crippen LogP contribution in [-0.2, 0) is 9.59 Å². The fourth-order valence-corrected chi connectivity index (χ4v) is 3.33. The number of hydrogen-bond acceptors (Lipinski definition) is 3. The zero-order valence-electron chi connectivity index (χ0n) is 10.7. The average Bonchev–Trinajstić information content (AvgIpc) is 2.65. The molecule has 0 aromatic carbocycles. The number of rotatable bonds is 5. The van der Waals surface area contributed by atoms with Crippen molar-refractivity contribution < 1.29 is 14.7 Å². The maximum absolute atomic E-state index is 12.4. The Labute approximate surface area is 107 Å². The number of nitrogens with zero attached hydrogens (tertiary/aromatic N) is 1. The molecule has 0 aromatic heterocycles. The second-order valence-corrected chi connectivity index (χ2v) is 6.52. The third kappa shape index (κ3) is 3.63. The van der Waals surface area contributed by atoms with Gasteiger partial charge in [-0.3, -0.25) is 9.59 Å². The first kappa shape index (κ1) is 14.4. The first-order valence-electron chi connectivity index (χ1n) is 6.03. The Morgan fingerprint density at radius 3 is 2.53 bits per heavy atom. The topological polar surface area (TPSA) is 57.6 Å². The molecule has 1 unspecified atom stereocenters. The van der Waals surface area contributed by atoms with Gasteiger partial charge in [0.1, 0.15) is 0 Å². The van der Waals surface area contributed by atoms with Gasteiger partial charge in [0.25, 0.3) is 0 Å². The summed E-state index contributed by atoms with van der Waals surface area (Å²) < 4.78 is -0.344. The van der Waals surface area contributed by atoms with E-state index in [-0.39, 0.29) is 23.1 Å². The summed E-state index contributed by atoms with van der Waals surface area (Å²) >= 11 is 1.69. The molecule has 1 aliphatic heterocycles. The molecule has 1 N–H and O–H groups in total. The fourth-order valence-electron chi connectivity index (χ4n) is 2.06. The molecule has 17 heavy (non-hydrogen) atoms. The monoisotopic (exact) mass is 259 g/mol. The van der Waals surface area contributed by atoms with Crippen LogP contribution in [0.1, 0.15) is 40.0 Å². The highest BCUT2D eigenvalue weighted by molar-refractivity contribution is 8.01. The number of thioether (sulfide) groups is 1. The highest BCUT2D eigenvalue weighted by Crippen LogP contribution is 2.39. The largest absolute Gasteiger partial charge is 0.481 e. The molecule has 0 saturated carbocycles. The van der Waals surface area contributed by atoms with Crippen molar-refractivity contribution >= 4 is 23.6 Å². The van der Waals surface area contributed by atoms with E-state index in [9.17, 15) is 9.59 Å². The van der Waals surface area contributed by atoms with Gasteiger partial charge in [-0.25, -0.2) is 0 Å². The number of aliphatic carboxylic acids is 1. The summed E-state index contributed by atoms with van der Waals surface area (Å²) in [4.78, 5) is 24.7. The maximum atomic E-state index is 12.4. The molecule has 4 nitrogen and oxygen atoms in total. The lowest BCUT2D eigenvalue weighted by molar-refractivity contribution is -0.139. The van der Waals surface area contributed by atoms with Gasteiger partial charge in [0.2, 0.25) is 5.91 Å². The zero-order chi connectivity index (χ0) is 13.1. The highest BCUT2D eigenvalue weighted by Gasteiger charge is 2.40. The second kappa shape index (κ2) is 5.76. The van der Waals surface area contributed by atoms with Crippen molar-refractivity contribution in [3.05, 3.63) is 0 Å². The average molecular weight is 259 g/mol. The Hall–Kier alpha value is -0.710. The number of carboxylic acids is 1. The molecular weight excluding hydrogens is 238 g/mol. The zero-order valence-corrected chi connectivity index (χ0v) is 11.5. The summed E-state index contributed by atoms with van der Waals surface area (Å²) in [7, 11) is 0. The fraction of sp³-hybridized carbons (Fsp3) is 0.833. The van der Waals surface area contributed by atoms with E-state index >= 15 is 0 Å². The van der Waals surface area contributed by atoms with Crippen molar-refractivity contribution in [2.24, 2.45) is 0 Å². The molecule has 0 aliphatic carbocycles. The van der Waals surface area contributed by atoms with Gasteiger partial charge >= 0.3 is 5.97 Å². The number of amides is 1. The lowest BCUT2D eigenvalue weighted by atomic mass is 10.0. The quantitative estimate of drug-likeness (QED) is 0.820. The van der Waals surface area contributed by atoms with Crippen molar-refractivity contribution in [1.82, 2.24) is 4.90 Å². The summed E-state index contributed by atoms with van der Waals surface area (Å²) in [5.41, 5.74) is 0. The van der Waals surface area contributed by atoms with Crippen LogP contribution in [0.15, 0.2) is 0 Å². The third-order valence-electron chi connectivity index (χ3n) is 3.12. The molecule has 1 fully saturated rings. The highest BCUT2D eigenvalue weighted by atomic mass is 32.2. The predicted octanol–water partition coefficient (Wildman–Crippen LogP) is 1.98. The summed E-state index contributed by atoms with van der Waals surface area (Å²) in [6.07, 6.45) is 1.98. The molecule has 1 amide bonds. The summed E-state index contributed by atoms with van der Waals surface area (Å²) in [6.45, 7) is 6.15. The molecule has 0 aromatic rings. The van der Waals surface area contributed by atoms with Crippen LogP contribution in [0.4, 0.5) is 0 Å². The molecule has 1 rings (SSSR count). The van der Waals surface area contributed by atoms with Gasteiger partial charge < -0.3 is 10.0 Å². The van der Waals surface area contributed by atoms with Crippen LogP contribution < -0.4 is 0 Å². The molecule has 0 bridgehead atoms. The van der Waals surface area contributed by atoms with Crippen LogP contribution >= 0.6 is 11.8 Å². The Balaban J connectivity index is 2.69. The molecule has 5 heteroatoms. The smallest absolute Gasteiger partial charge is 0.305 e. The number of carboxylic acid groups (broad SMARTS) is 1. The first-order valence-corrected chi connectivity index (χ1v) is 7.02. The molecule has 0 radical (unpaired) electrons. The van der Waals surface area contributed by atoms with Gasteiger partial charge in [0, 0.05) is 12.6 Å². The summed E-state index contributed by atoms with van der Waals surface area (Å²) in [6, 6.07) is 0.0554. The number of carbonyl (C=O) groups is 2. The van der Waals surface area contributed by atoms with Crippen LogP contribution in [0.5, 0.6) is 0 Å². The van der Waals surface area contributed by atoms with E-state index in [1.807, 2.05) is 20.8 Å². The maximum Gasteiger partial charge on any atom is 0.305 e. The van der Waals surface area contributed by atoms with Gasteiger partial charge in [-0.05, 0) is 39.4 Å². The van der Waals surface area contributed by atoms with Crippen LogP contribution in [0, 0.1) is 0 Å². The van der Waals surface area contributed by atoms with Crippen LogP contribution in [-0.4, -0.2) is 45.0 Å². The molecule has 1 heterocycles. The molecule has 1 aliphatic rings. The Morgan fingerprint density at radius 2 is 2.12 bits per heavy atom. The molecular formula is C12H21NO3S. The number of hydrogen-bond donors (Lipinski definition) is 1. The molecule has 98 valence electrons. The predicted molar refractivity (Wildman–Crippen MR) is 69.2 cm³/mol. The summed E-state index contributed by atoms with van der Waals surface area (Å²) in [5, 5.41) is 8.71. The van der Waals surface area contributed by atoms with Gasteiger partial charge in [0.15, 0.2) is 0 Å². The van der Waals surface area contributed by atoms with Gasteiger partial charge in [-0.1, -0.05) is 0 Å². The van der Waals surface area contributed by atoms with E-state index in [0.717, 1.165) is 18.6 Å². The normalized spacial score (nSPS) is 24.0. The SMILES string of the molecule is CC(C)N(CCC(=O)O)C(=O)C1(C)CCCS1. The lowest BCUT2D eigenvalue weighted by Crippen LogP contribution is -2.47. The summed E-state index contributed by atoms with van der Waals surface area (Å²) in [5.74, 6) is 0.261. The second-order valence-electron chi connectivity index (χ2n) is 4.92. The van der Waals surface area contributed by atoms with Crippen molar-refractivity contribution in [2.75, 3.05) is 12.3 Å². The molecule has 1 atom stereocenters. The molecule has 0 spiro atoms. The minimum absolute atomic E-state index is 0.0185. The van der Waals surface area contributed by atoms with E-state index in [1.165, 1.54) is 0 Å². The standard InChI is InChI=1S/C12H21NO3S/c1-9(2)13(7-5-10(14)15)11(16)12(3)6-4-8-17-12/h9H,4-8H2,1-3H3,(H,14,15). The van der Waals surface area contributed by atoms with Crippen molar-refractivity contribution in [3.63, 3.8) is 0 Å². The minimum Gasteiger partial charge on any atom is -0.481 e. The van der Waals surface area contributed by atoms with E-state index in [1.54, 1.807) is 16.7 Å². The van der Waals surface area contributed by atoms with Gasteiger partial charge in [0.05, 0.1) is 11.2 Å². The lowest BCUT2D eigenvalue weighted by Gasteiger charge is -2.33. The third-order valence-corrected chi connectivity index (χ3v) is 4.63. The Kier molecular flexibility index (Phi) is 4.86. The van der Waals surface area contributed by atoms with Gasteiger partial charge in [-0.2, -0.15) is 0 Å². The minimum atomic E-state index is -0.854. The van der Waals surface area contributed by atoms with Crippen molar-refractivity contribution in [3.8, 4) is 0 Å². The van der Waals surface area contributed by atoms with Crippen LogP contribution in [0.2, 0.25) is 0 Å². The van der Waals surface area contributed by atoms with Crippen LogP contribution in [0.25, 0.3) is 0 Å². The van der Waals surface area contributed by atoms with Crippen molar-refractivity contribution in [1.29, 1.82) is 0 Å². The Bertz CT molecular complexity index is 298.